The number of alkyl halides is 2. The van der Waals surface area contributed by atoms with Crippen LogP contribution in [0, 0.1) is 0 Å². The standard InChI is InChI=1S/C9H11F2NO2/c10-9(11)14-8(5-12)6-2-1-3-7(13)4-6/h1-4,8-9,13H,5,12H2. The normalized spacial score (nSPS) is 13.1. The zero-order valence-corrected chi connectivity index (χ0v) is 7.36. The number of hydrogen-bond acceptors (Lipinski definition) is 3. The van der Waals surface area contributed by atoms with Gasteiger partial charge in [0.25, 0.3) is 0 Å². The number of phenols is 1. The van der Waals surface area contributed by atoms with Gasteiger partial charge in [-0.1, -0.05) is 12.1 Å². The van der Waals surface area contributed by atoms with Crippen LogP contribution >= 0.6 is 0 Å². The van der Waals surface area contributed by atoms with Crippen LogP contribution in [0.2, 0.25) is 0 Å². The summed E-state index contributed by atoms with van der Waals surface area (Å²) in [6.45, 7) is -2.93. The number of ether oxygens (including phenoxy) is 1. The molecule has 5 heteroatoms. The van der Waals surface area contributed by atoms with Crippen molar-refractivity contribution in [2.75, 3.05) is 6.54 Å². The van der Waals surface area contributed by atoms with Gasteiger partial charge in [-0.3, -0.25) is 0 Å². The highest BCUT2D eigenvalue weighted by atomic mass is 19.3. The fraction of sp³-hybridized carbons (Fsp3) is 0.333. The molecule has 78 valence electrons. The van der Waals surface area contributed by atoms with Gasteiger partial charge < -0.3 is 15.6 Å². The molecule has 1 unspecified atom stereocenters. The van der Waals surface area contributed by atoms with Crippen molar-refractivity contribution < 1.29 is 18.6 Å². The number of nitrogens with two attached hydrogens (primary N) is 1. The first-order chi connectivity index (χ1) is 6.63. The maximum Gasteiger partial charge on any atom is 0.345 e. The third kappa shape index (κ3) is 2.93. The molecule has 0 bridgehead atoms. The molecule has 0 aliphatic heterocycles. The predicted octanol–water partition coefficient (Wildman–Crippen LogP) is 1.63. The van der Waals surface area contributed by atoms with Gasteiger partial charge in [0.15, 0.2) is 0 Å². The van der Waals surface area contributed by atoms with E-state index < -0.39 is 12.7 Å². The molecular weight excluding hydrogens is 192 g/mol. The molecular formula is C9H11F2NO2. The molecule has 0 saturated carbocycles. The molecule has 0 heterocycles. The van der Waals surface area contributed by atoms with Crippen LogP contribution in [-0.2, 0) is 4.74 Å². The Balaban J connectivity index is 2.78. The van der Waals surface area contributed by atoms with Crippen molar-refractivity contribution in [3.05, 3.63) is 29.8 Å². The molecule has 1 atom stereocenters. The smallest absolute Gasteiger partial charge is 0.345 e. The summed E-state index contributed by atoms with van der Waals surface area (Å²) in [7, 11) is 0. The first-order valence-electron chi connectivity index (χ1n) is 4.06. The Labute approximate surface area is 80.1 Å². The summed E-state index contributed by atoms with van der Waals surface area (Å²) in [5, 5.41) is 9.11. The van der Waals surface area contributed by atoms with Crippen LogP contribution in [0.5, 0.6) is 5.75 Å². The second-order valence-corrected chi connectivity index (χ2v) is 2.72. The SMILES string of the molecule is NCC(OC(F)F)c1cccc(O)c1. The molecule has 0 aliphatic carbocycles. The third-order valence-corrected chi connectivity index (χ3v) is 1.72. The molecule has 3 nitrogen and oxygen atoms in total. The van der Waals surface area contributed by atoms with E-state index in [2.05, 4.69) is 4.74 Å². The van der Waals surface area contributed by atoms with E-state index in [4.69, 9.17) is 10.8 Å². The fourth-order valence-electron chi connectivity index (χ4n) is 1.12. The van der Waals surface area contributed by atoms with Crippen LogP contribution < -0.4 is 5.73 Å². The number of aromatic hydroxyl groups is 1. The fourth-order valence-corrected chi connectivity index (χ4v) is 1.12. The van der Waals surface area contributed by atoms with Gasteiger partial charge in [0.05, 0.1) is 0 Å². The van der Waals surface area contributed by atoms with Crippen LogP contribution in [-0.4, -0.2) is 18.3 Å². The summed E-state index contributed by atoms with van der Waals surface area (Å²) in [6, 6.07) is 5.90. The molecule has 1 aromatic rings. The van der Waals surface area contributed by atoms with Crippen molar-refractivity contribution in [1.82, 2.24) is 0 Å². The number of halogens is 2. The molecule has 14 heavy (non-hydrogen) atoms. The van der Waals surface area contributed by atoms with Crippen molar-refractivity contribution in [3.63, 3.8) is 0 Å². The highest BCUT2D eigenvalue weighted by Crippen LogP contribution is 2.22. The average Bonchev–Trinajstić information content (AvgIpc) is 2.14. The summed E-state index contributed by atoms with van der Waals surface area (Å²) in [6.07, 6.45) is -0.887. The molecule has 0 amide bonds. The zero-order chi connectivity index (χ0) is 10.6. The molecule has 0 saturated heterocycles. The van der Waals surface area contributed by atoms with Crippen LogP contribution in [0.1, 0.15) is 11.7 Å². The molecule has 1 aromatic carbocycles. The average molecular weight is 203 g/mol. The number of rotatable bonds is 4. The van der Waals surface area contributed by atoms with Crippen LogP contribution in [0.25, 0.3) is 0 Å². The van der Waals surface area contributed by atoms with Gasteiger partial charge in [0.1, 0.15) is 11.9 Å². The Bertz CT molecular complexity index is 294. The molecule has 0 radical (unpaired) electrons. The largest absolute Gasteiger partial charge is 0.508 e. The van der Waals surface area contributed by atoms with E-state index in [0.29, 0.717) is 5.56 Å². The lowest BCUT2D eigenvalue weighted by atomic mass is 10.1. The zero-order valence-electron chi connectivity index (χ0n) is 7.36. The maximum absolute atomic E-state index is 11.9. The molecule has 3 N–H and O–H groups in total. The van der Waals surface area contributed by atoms with Gasteiger partial charge in [-0.25, -0.2) is 0 Å². The lowest BCUT2D eigenvalue weighted by molar-refractivity contribution is -0.162. The van der Waals surface area contributed by atoms with Crippen molar-refractivity contribution in [2.45, 2.75) is 12.7 Å². The van der Waals surface area contributed by atoms with E-state index in [-0.39, 0.29) is 12.3 Å². The van der Waals surface area contributed by atoms with Crippen LogP contribution in [0.15, 0.2) is 24.3 Å². The highest BCUT2D eigenvalue weighted by Gasteiger charge is 2.15. The van der Waals surface area contributed by atoms with Crippen molar-refractivity contribution in [1.29, 1.82) is 0 Å². The Hall–Kier alpha value is -1.20. The highest BCUT2D eigenvalue weighted by molar-refractivity contribution is 5.28. The van der Waals surface area contributed by atoms with E-state index in [1.807, 2.05) is 0 Å². The topological polar surface area (TPSA) is 55.5 Å². The number of phenolic OH excluding ortho intramolecular Hbond substituents is 1. The molecule has 0 spiro atoms. The van der Waals surface area contributed by atoms with Crippen molar-refractivity contribution in [2.24, 2.45) is 5.73 Å². The summed E-state index contributed by atoms with van der Waals surface area (Å²) in [4.78, 5) is 0. The summed E-state index contributed by atoms with van der Waals surface area (Å²) in [5.41, 5.74) is 5.70. The molecule has 1 rings (SSSR count). The van der Waals surface area contributed by atoms with Crippen LogP contribution in [0.3, 0.4) is 0 Å². The van der Waals surface area contributed by atoms with Gasteiger partial charge in [-0.2, -0.15) is 8.78 Å². The second kappa shape index (κ2) is 4.88. The lowest BCUT2D eigenvalue weighted by Gasteiger charge is -2.15. The predicted molar refractivity (Wildman–Crippen MR) is 47.0 cm³/mol. The van der Waals surface area contributed by atoms with Crippen molar-refractivity contribution >= 4 is 0 Å². The van der Waals surface area contributed by atoms with Gasteiger partial charge in [0, 0.05) is 6.54 Å². The van der Waals surface area contributed by atoms with E-state index in [9.17, 15) is 8.78 Å². The Morgan fingerprint density at radius 3 is 2.64 bits per heavy atom. The monoisotopic (exact) mass is 203 g/mol. The van der Waals surface area contributed by atoms with Crippen molar-refractivity contribution in [3.8, 4) is 5.75 Å². The first-order valence-corrected chi connectivity index (χ1v) is 4.06. The summed E-state index contributed by atoms with van der Waals surface area (Å²) >= 11 is 0. The third-order valence-electron chi connectivity index (χ3n) is 1.72. The summed E-state index contributed by atoms with van der Waals surface area (Å²) < 4.78 is 28.1. The minimum absolute atomic E-state index is 0.00110. The van der Waals surface area contributed by atoms with E-state index in [0.717, 1.165) is 0 Å². The summed E-state index contributed by atoms with van der Waals surface area (Å²) in [5.74, 6) is -0.00110. The van der Waals surface area contributed by atoms with E-state index >= 15 is 0 Å². The Morgan fingerprint density at radius 1 is 1.43 bits per heavy atom. The number of benzene rings is 1. The first kappa shape index (κ1) is 10.9. The van der Waals surface area contributed by atoms with E-state index in [1.54, 1.807) is 12.1 Å². The van der Waals surface area contributed by atoms with Gasteiger partial charge in [-0.15, -0.1) is 0 Å². The van der Waals surface area contributed by atoms with Gasteiger partial charge in [0.2, 0.25) is 0 Å². The second-order valence-electron chi connectivity index (χ2n) is 2.72. The Morgan fingerprint density at radius 2 is 2.14 bits per heavy atom. The Kier molecular flexibility index (Phi) is 3.79. The van der Waals surface area contributed by atoms with Gasteiger partial charge in [-0.05, 0) is 17.7 Å². The minimum atomic E-state index is -2.87. The lowest BCUT2D eigenvalue weighted by Crippen LogP contribution is -2.18. The minimum Gasteiger partial charge on any atom is -0.508 e. The quantitative estimate of drug-likeness (QED) is 0.781. The molecule has 0 aliphatic rings. The number of hydrogen-bond donors (Lipinski definition) is 2. The molecule has 0 fully saturated rings. The van der Waals surface area contributed by atoms with Gasteiger partial charge >= 0.3 is 6.61 Å². The van der Waals surface area contributed by atoms with Crippen LogP contribution in [0.4, 0.5) is 8.78 Å². The molecule has 0 aromatic heterocycles. The van der Waals surface area contributed by atoms with E-state index in [1.165, 1.54) is 12.1 Å². The maximum atomic E-state index is 11.9.